The maximum atomic E-state index is 12.2. The molecule has 1 radical (unpaired) electrons. The Morgan fingerprint density at radius 3 is 2.63 bits per heavy atom. The molecule has 0 amide bonds. The molecule has 0 bridgehead atoms. The minimum absolute atomic E-state index is 0. The first-order valence-corrected chi connectivity index (χ1v) is 7.23. The van der Waals surface area contributed by atoms with Gasteiger partial charge in [0.25, 0.3) is 0 Å². The fourth-order valence-electron chi connectivity index (χ4n) is 2.63. The molecule has 0 saturated heterocycles. The second kappa shape index (κ2) is 5.66. The van der Waals surface area contributed by atoms with Gasteiger partial charge in [0.15, 0.2) is 5.78 Å². The molecule has 0 saturated carbocycles. The summed E-state index contributed by atoms with van der Waals surface area (Å²) in [5.74, 6) is -0.400. The fourth-order valence-corrected chi connectivity index (χ4v) is 3.51. The largest absolute Gasteiger partial charge is 0.387 e. The smallest absolute Gasteiger partial charge is 0.166 e. The average Bonchev–Trinajstić information content (AvgIpc) is 2.35. The van der Waals surface area contributed by atoms with Crippen molar-refractivity contribution in [2.24, 2.45) is 11.8 Å². The van der Waals surface area contributed by atoms with E-state index in [1.54, 1.807) is 6.08 Å². The molecular weight excluding hydrogens is 424 g/mol. The van der Waals surface area contributed by atoms with Crippen molar-refractivity contribution in [1.82, 2.24) is 0 Å². The molecule has 0 aliphatic heterocycles. The third-order valence-electron chi connectivity index (χ3n) is 3.49. The first-order chi connectivity index (χ1) is 8.59. The third kappa shape index (κ3) is 2.43. The average molecular weight is 434 g/mol. The number of hydrogen-bond acceptors (Lipinski definition) is 2. The quantitative estimate of drug-likeness (QED) is 0.596. The number of hydrogen-bond donors (Lipinski definition) is 1. The zero-order valence-electron chi connectivity index (χ0n) is 9.61. The van der Waals surface area contributed by atoms with Crippen LogP contribution < -0.4 is 0 Å². The van der Waals surface area contributed by atoms with Crippen LogP contribution >= 0.6 is 31.9 Å². The van der Waals surface area contributed by atoms with Crippen molar-refractivity contribution in [1.29, 1.82) is 0 Å². The van der Waals surface area contributed by atoms with Crippen molar-refractivity contribution in [3.05, 3.63) is 56.6 Å². The molecule has 3 aliphatic carbocycles. The van der Waals surface area contributed by atoms with Gasteiger partial charge in [0, 0.05) is 32.0 Å². The van der Waals surface area contributed by atoms with Crippen molar-refractivity contribution in [3.63, 3.8) is 0 Å². The molecule has 3 rings (SSSR count). The van der Waals surface area contributed by atoms with Crippen LogP contribution in [0.5, 0.6) is 0 Å². The number of allylic oxidation sites excluding steroid dienone is 8. The minimum atomic E-state index is -0.802. The van der Waals surface area contributed by atoms with Crippen LogP contribution in [0.25, 0.3) is 0 Å². The zero-order chi connectivity index (χ0) is 12.9. The zero-order valence-corrected chi connectivity index (χ0v) is 13.7. The molecule has 5 heteroatoms. The fraction of sp³-hybridized carbons (Fsp3) is 0.214. The Morgan fingerprint density at radius 1 is 1.16 bits per heavy atom. The molecule has 0 aromatic rings. The third-order valence-corrected chi connectivity index (χ3v) is 5.58. The van der Waals surface area contributed by atoms with E-state index in [2.05, 4.69) is 37.9 Å². The Hall–Kier alpha value is -0.191. The molecule has 2 nitrogen and oxygen atoms in total. The van der Waals surface area contributed by atoms with Crippen molar-refractivity contribution >= 4 is 37.6 Å². The van der Waals surface area contributed by atoms with Gasteiger partial charge in [-0.05, 0) is 39.2 Å². The number of ketones is 1. The van der Waals surface area contributed by atoms with Crippen LogP contribution in [0.3, 0.4) is 0 Å². The molecule has 0 spiro atoms. The van der Waals surface area contributed by atoms with E-state index in [-0.39, 0.29) is 28.8 Å². The van der Waals surface area contributed by atoms with E-state index in [1.807, 2.05) is 24.3 Å². The predicted molar refractivity (Wildman–Crippen MR) is 77.3 cm³/mol. The maximum Gasteiger partial charge on any atom is 0.166 e. The molecule has 19 heavy (non-hydrogen) atoms. The summed E-state index contributed by atoms with van der Waals surface area (Å²) in [6.07, 6.45) is 10.7. The molecule has 0 heterocycles. The summed E-state index contributed by atoms with van der Waals surface area (Å²) in [5, 5.41) is 10.2. The van der Waals surface area contributed by atoms with Gasteiger partial charge in [-0.15, -0.1) is 0 Å². The minimum Gasteiger partial charge on any atom is -0.387 e. The monoisotopic (exact) mass is 431 g/mol. The molecule has 3 unspecified atom stereocenters. The van der Waals surface area contributed by atoms with Crippen LogP contribution in [0, 0.1) is 11.8 Å². The molecule has 3 atom stereocenters. The van der Waals surface area contributed by atoms with Gasteiger partial charge < -0.3 is 5.11 Å². The Labute approximate surface area is 138 Å². The molecule has 3 aliphatic rings. The van der Waals surface area contributed by atoms with Crippen molar-refractivity contribution < 1.29 is 27.0 Å². The van der Waals surface area contributed by atoms with Crippen LogP contribution in [0.15, 0.2) is 56.6 Å². The number of carbonyl (C=O) groups is 1. The van der Waals surface area contributed by atoms with Gasteiger partial charge in [-0.2, -0.15) is 0 Å². The SMILES string of the molecule is O=C1C=C2C=CC=CC2C2=CC(Br)=C(Br)C(O)C12.[Cu]. The Balaban J connectivity index is 0.00000133. The second-order valence-electron chi connectivity index (χ2n) is 4.53. The van der Waals surface area contributed by atoms with E-state index in [4.69, 9.17) is 0 Å². The number of halogens is 2. The van der Waals surface area contributed by atoms with Gasteiger partial charge in [-0.25, -0.2) is 0 Å². The van der Waals surface area contributed by atoms with E-state index in [9.17, 15) is 9.90 Å². The van der Waals surface area contributed by atoms with E-state index in [1.165, 1.54) is 0 Å². The van der Waals surface area contributed by atoms with E-state index < -0.39 is 12.0 Å². The summed E-state index contributed by atoms with van der Waals surface area (Å²) in [6.45, 7) is 0. The number of rotatable bonds is 0. The van der Waals surface area contributed by atoms with Crippen LogP contribution in [-0.2, 0) is 21.9 Å². The number of aliphatic hydroxyl groups excluding tert-OH is 1. The normalized spacial score (nSPS) is 32.2. The van der Waals surface area contributed by atoms with Crippen LogP contribution in [-0.4, -0.2) is 17.0 Å². The summed E-state index contributed by atoms with van der Waals surface area (Å²) >= 11 is 6.75. The van der Waals surface area contributed by atoms with E-state index >= 15 is 0 Å². The van der Waals surface area contributed by atoms with Crippen molar-refractivity contribution in [2.75, 3.05) is 0 Å². The van der Waals surface area contributed by atoms with Gasteiger partial charge >= 0.3 is 0 Å². The molecule has 103 valence electrons. The number of fused-ring (bicyclic) bond motifs is 3. The first-order valence-electron chi connectivity index (χ1n) is 5.64. The summed E-state index contributed by atoms with van der Waals surface area (Å²) in [5.41, 5.74) is 1.95. The van der Waals surface area contributed by atoms with E-state index in [0.717, 1.165) is 15.6 Å². The maximum absolute atomic E-state index is 12.2. The van der Waals surface area contributed by atoms with Gasteiger partial charge in [-0.3, -0.25) is 4.79 Å². The van der Waals surface area contributed by atoms with Crippen molar-refractivity contribution in [3.8, 4) is 0 Å². The Bertz CT molecular complexity index is 584. The second-order valence-corrected chi connectivity index (χ2v) is 6.24. The summed E-state index contributed by atoms with van der Waals surface area (Å²) < 4.78 is 1.44. The van der Waals surface area contributed by atoms with Crippen LogP contribution in [0.4, 0.5) is 0 Å². The van der Waals surface area contributed by atoms with Crippen LogP contribution in [0.2, 0.25) is 0 Å². The number of aliphatic hydroxyl groups is 1. The van der Waals surface area contributed by atoms with Crippen LogP contribution in [0.1, 0.15) is 0 Å². The topological polar surface area (TPSA) is 37.3 Å². The van der Waals surface area contributed by atoms with Gasteiger partial charge in [0.2, 0.25) is 0 Å². The molecule has 0 aromatic carbocycles. The predicted octanol–water partition coefficient (Wildman–Crippen LogP) is 3.15. The summed E-state index contributed by atoms with van der Waals surface area (Å²) in [4.78, 5) is 12.2. The first kappa shape index (κ1) is 15.2. The van der Waals surface area contributed by atoms with E-state index in [0.29, 0.717) is 4.48 Å². The number of carbonyl (C=O) groups excluding carboxylic acids is 1. The molecule has 1 N–H and O–H groups in total. The Kier molecular flexibility index (Phi) is 4.53. The van der Waals surface area contributed by atoms with Crippen molar-refractivity contribution in [2.45, 2.75) is 6.10 Å². The van der Waals surface area contributed by atoms with Gasteiger partial charge in [0.1, 0.15) is 6.10 Å². The molecule has 0 fully saturated rings. The van der Waals surface area contributed by atoms with Gasteiger partial charge in [-0.1, -0.05) is 40.2 Å². The standard InChI is InChI=1S/C14H10Br2O2.Cu/c15-10-6-9-8-4-2-1-3-7(8)5-11(17)12(9)14(18)13(10)16;/h1-6,8,12,14,18H;. The Morgan fingerprint density at radius 2 is 1.89 bits per heavy atom. The molecule has 0 aromatic heterocycles. The van der Waals surface area contributed by atoms with Gasteiger partial charge in [0.05, 0.1) is 5.92 Å². The summed E-state index contributed by atoms with van der Waals surface area (Å²) in [6, 6.07) is 0. The summed E-state index contributed by atoms with van der Waals surface area (Å²) in [7, 11) is 0. The molecular formula is C14H10Br2CuO2.